The van der Waals surface area contributed by atoms with Crippen LogP contribution in [0.15, 0.2) is 15.6 Å². The number of sulfonamides is 1. The average molecular weight is 550 g/mol. The topological polar surface area (TPSA) is 121 Å². The Labute approximate surface area is 222 Å². The number of halogens is 1. The summed E-state index contributed by atoms with van der Waals surface area (Å²) in [6.45, 7) is 4.02. The smallest absolute Gasteiger partial charge is 0.333 e. The van der Waals surface area contributed by atoms with Crippen molar-refractivity contribution in [2.24, 2.45) is 5.41 Å². The van der Waals surface area contributed by atoms with Crippen molar-refractivity contribution >= 4 is 21.7 Å². The first-order chi connectivity index (χ1) is 18.1. The molecule has 1 aromatic heterocycles. The maximum Gasteiger partial charge on any atom is 0.333 e. The molecule has 1 fully saturated rings. The summed E-state index contributed by atoms with van der Waals surface area (Å²) in [5.41, 5.74) is 3.83. The number of urea groups is 1. The number of aliphatic hydroxyl groups is 1. The van der Waals surface area contributed by atoms with Crippen LogP contribution in [-0.4, -0.2) is 57.9 Å². The molecule has 208 valence electrons. The second kappa shape index (κ2) is 10.6. The van der Waals surface area contributed by atoms with Crippen LogP contribution in [0.25, 0.3) is 0 Å². The van der Waals surface area contributed by atoms with Gasteiger partial charge < -0.3 is 24.5 Å². The number of aliphatic hydroxyl groups excluding tert-OH is 1. The van der Waals surface area contributed by atoms with Crippen LogP contribution >= 0.6 is 0 Å². The average Bonchev–Trinajstić information content (AvgIpc) is 3.63. The lowest BCUT2D eigenvalue weighted by Crippen LogP contribution is -2.42. The molecule has 2 aliphatic carbocycles. The minimum atomic E-state index is -4.28. The molecule has 1 aromatic carbocycles. The van der Waals surface area contributed by atoms with Gasteiger partial charge in [0.25, 0.3) is 10.0 Å². The van der Waals surface area contributed by atoms with Crippen LogP contribution in [0.5, 0.6) is 0 Å². The van der Waals surface area contributed by atoms with E-state index in [-0.39, 0.29) is 22.9 Å². The lowest BCUT2D eigenvalue weighted by atomic mass is 9.80. The summed E-state index contributed by atoms with van der Waals surface area (Å²) < 4.78 is 54.1. The molecule has 9 nitrogen and oxygen atoms in total. The number of aryl methyl sites for hydroxylation is 1. The van der Waals surface area contributed by atoms with E-state index in [1.807, 2.05) is 11.9 Å². The SMILES string of the molecule is Cc1oc(S(=O)(=O)NC(=O)Nc2c3c(c(F)c4c2CCC4)CCC3)cc1CN(C)CC1(CO)CCOCC1. The molecule has 3 N–H and O–H groups in total. The highest BCUT2D eigenvalue weighted by Crippen LogP contribution is 2.41. The molecule has 0 radical (unpaired) electrons. The third-order valence-electron chi connectivity index (χ3n) is 8.23. The van der Waals surface area contributed by atoms with E-state index < -0.39 is 16.1 Å². The van der Waals surface area contributed by atoms with Crippen molar-refractivity contribution in [1.29, 1.82) is 0 Å². The predicted octanol–water partition coefficient (Wildman–Crippen LogP) is 3.44. The Morgan fingerprint density at radius 1 is 1.11 bits per heavy atom. The molecular weight excluding hydrogens is 513 g/mol. The van der Waals surface area contributed by atoms with Crippen LogP contribution in [0.1, 0.15) is 59.3 Å². The van der Waals surface area contributed by atoms with Gasteiger partial charge in [-0.25, -0.2) is 13.9 Å². The van der Waals surface area contributed by atoms with Gasteiger partial charge in [-0.2, -0.15) is 8.42 Å². The second-order valence-electron chi connectivity index (χ2n) is 11.0. The number of benzene rings is 1. The monoisotopic (exact) mass is 549 g/mol. The van der Waals surface area contributed by atoms with E-state index in [1.165, 1.54) is 6.07 Å². The molecule has 2 amide bonds. The molecule has 2 aromatic rings. The largest absolute Gasteiger partial charge is 0.448 e. The third-order valence-corrected chi connectivity index (χ3v) is 9.42. The number of nitrogens with zero attached hydrogens (tertiary/aromatic N) is 1. The Balaban J connectivity index is 1.28. The van der Waals surface area contributed by atoms with Crippen molar-refractivity contribution in [3.63, 3.8) is 0 Å². The van der Waals surface area contributed by atoms with Crippen molar-refractivity contribution in [1.82, 2.24) is 9.62 Å². The molecule has 0 spiro atoms. The summed E-state index contributed by atoms with van der Waals surface area (Å²) in [5, 5.41) is 12.4. The lowest BCUT2D eigenvalue weighted by Gasteiger charge is -2.38. The summed E-state index contributed by atoms with van der Waals surface area (Å²) in [5.74, 6) is 0.283. The quantitative estimate of drug-likeness (QED) is 0.461. The maximum absolute atomic E-state index is 14.9. The second-order valence-corrected chi connectivity index (χ2v) is 12.6. The van der Waals surface area contributed by atoms with Gasteiger partial charge in [-0.15, -0.1) is 0 Å². The molecule has 38 heavy (non-hydrogen) atoms. The van der Waals surface area contributed by atoms with Gasteiger partial charge in [0, 0.05) is 49.0 Å². The highest BCUT2D eigenvalue weighted by Gasteiger charge is 2.34. The summed E-state index contributed by atoms with van der Waals surface area (Å²) >= 11 is 0. The van der Waals surface area contributed by atoms with E-state index in [1.54, 1.807) is 6.92 Å². The minimum Gasteiger partial charge on any atom is -0.448 e. The molecule has 3 aliphatic rings. The van der Waals surface area contributed by atoms with Crippen molar-refractivity contribution in [2.45, 2.75) is 69.9 Å². The summed E-state index contributed by atoms with van der Waals surface area (Å²) in [7, 11) is -2.36. The zero-order valence-electron chi connectivity index (χ0n) is 22.0. The van der Waals surface area contributed by atoms with Crippen LogP contribution in [0, 0.1) is 18.2 Å². The van der Waals surface area contributed by atoms with Crippen LogP contribution in [0.4, 0.5) is 14.9 Å². The van der Waals surface area contributed by atoms with Crippen LogP contribution in [-0.2, 0) is 47.0 Å². The lowest BCUT2D eigenvalue weighted by molar-refractivity contribution is -0.0318. The van der Waals surface area contributed by atoms with E-state index in [2.05, 4.69) is 10.0 Å². The van der Waals surface area contributed by atoms with E-state index in [0.717, 1.165) is 36.8 Å². The molecule has 5 rings (SSSR count). The van der Waals surface area contributed by atoms with Crippen molar-refractivity contribution in [2.75, 3.05) is 38.7 Å². The molecule has 0 unspecified atom stereocenters. The molecular formula is C27H36FN3O6S. The highest BCUT2D eigenvalue weighted by molar-refractivity contribution is 7.89. The van der Waals surface area contributed by atoms with Gasteiger partial charge in [0.1, 0.15) is 11.6 Å². The fraction of sp³-hybridized carbons (Fsp3) is 0.593. The van der Waals surface area contributed by atoms with Gasteiger partial charge in [-0.3, -0.25) is 0 Å². The van der Waals surface area contributed by atoms with Crippen molar-refractivity contribution in [3.8, 4) is 0 Å². The number of rotatable bonds is 8. The Kier molecular flexibility index (Phi) is 7.56. The van der Waals surface area contributed by atoms with E-state index >= 15 is 0 Å². The van der Waals surface area contributed by atoms with Crippen LogP contribution in [0.3, 0.4) is 0 Å². The standard InChI is InChI=1S/C27H36FN3O6S/c1-17-18(14-31(2)15-27(16-32)9-11-36-12-10-27)13-23(37-17)38(34,35)30-26(33)29-25-21-7-3-5-19(21)24(28)20-6-4-8-22(20)25/h13,32H,3-12,14-16H2,1-2H3,(H2,29,30,33). The molecule has 2 heterocycles. The van der Waals surface area contributed by atoms with Gasteiger partial charge >= 0.3 is 6.03 Å². The zero-order valence-corrected chi connectivity index (χ0v) is 22.8. The number of carbonyl (C=O) groups excluding carboxylic acids is 1. The maximum atomic E-state index is 14.9. The normalized spacial score (nSPS) is 18.4. The Bertz CT molecular complexity index is 1300. The van der Waals surface area contributed by atoms with Crippen LogP contribution in [0.2, 0.25) is 0 Å². The molecule has 0 saturated carbocycles. The van der Waals surface area contributed by atoms with E-state index in [0.29, 0.717) is 80.1 Å². The Morgan fingerprint density at radius 2 is 1.71 bits per heavy atom. The highest BCUT2D eigenvalue weighted by atomic mass is 32.2. The number of hydrogen-bond acceptors (Lipinski definition) is 7. The number of ether oxygens (including phenoxy) is 1. The minimum absolute atomic E-state index is 0.0597. The third kappa shape index (κ3) is 5.21. The number of furan rings is 1. The molecule has 11 heteroatoms. The molecule has 0 atom stereocenters. The Morgan fingerprint density at radius 3 is 2.32 bits per heavy atom. The molecule has 0 bridgehead atoms. The number of nitrogens with one attached hydrogen (secondary N) is 2. The van der Waals surface area contributed by atoms with Gasteiger partial charge in [0.2, 0.25) is 5.09 Å². The number of amides is 2. The van der Waals surface area contributed by atoms with Gasteiger partial charge in [0.15, 0.2) is 0 Å². The number of anilines is 1. The van der Waals surface area contributed by atoms with E-state index in [4.69, 9.17) is 9.15 Å². The first kappa shape index (κ1) is 27.1. The summed E-state index contributed by atoms with van der Waals surface area (Å²) in [6.07, 6.45) is 5.69. The van der Waals surface area contributed by atoms with E-state index in [9.17, 15) is 22.7 Å². The Hall–Kier alpha value is -2.47. The van der Waals surface area contributed by atoms with Gasteiger partial charge in [0.05, 0.1) is 6.61 Å². The number of fused-ring (bicyclic) bond motifs is 2. The van der Waals surface area contributed by atoms with Crippen molar-refractivity contribution < 1.29 is 31.9 Å². The summed E-state index contributed by atoms with van der Waals surface area (Å²) in [4.78, 5) is 14.9. The van der Waals surface area contributed by atoms with Gasteiger partial charge in [-0.05, 0) is 87.6 Å². The fourth-order valence-corrected chi connectivity index (χ4v) is 7.15. The van der Waals surface area contributed by atoms with Gasteiger partial charge in [-0.1, -0.05) is 0 Å². The number of hydrogen-bond donors (Lipinski definition) is 3. The number of carbonyl (C=O) groups is 1. The van der Waals surface area contributed by atoms with Crippen LogP contribution < -0.4 is 10.0 Å². The van der Waals surface area contributed by atoms with Crippen molar-refractivity contribution in [3.05, 3.63) is 45.5 Å². The predicted molar refractivity (Wildman–Crippen MR) is 139 cm³/mol. The zero-order chi connectivity index (χ0) is 27.1. The fourth-order valence-electron chi connectivity index (χ4n) is 6.22. The first-order valence-electron chi connectivity index (χ1n) is 13.3. The first-order valence-corrected chi connectivity index (χ1v) is 14.8. The molecule has 1 saturated heterocycles. The molecule has 1 aliphatic heterocycles. The summed E-state index contributed by atoms with van der Waals surface area (Å²) in [6, 6.07) is 0.543.